The molecule has 2 aromatic carbocycles. The van der Waals surface area contributed by atoms with E-state index in [2.05, 4.69) is 31.4 Å². The number of rotatable bonds is 6. The van der Waals surface area contributed by atoms with E-state index in [0.29, 0.717) is 10.9 Å². The summed E-state index contributed by atoms with van der Waals surface area (Å²) in [7, 11) is 3.26. The molecule has 0 aliphatic carbocycles. The first-order valence-corrected chi connectivity index (χ1v) is 9.10. The molecule has 3 aromatic rings. The van der Waals surface area contributed by atoms with Crippen molar-refractivity contribution in [1.29, 1.82) is 0 Å². The summed E-state index contributed by atoms with van der Waals surface area (Å²) in [4.78, 5) is 4.56. The molecule has 1 aromatic heterocycles. The van der Waals surface area contributed by atoms with Crippen LogP contribution in [0.25, 0.3) is 11.3 Å². The van der Waals surface area contributed by atoms with Crippen LogP contribution in [0.4, 0.5) is 5.13 Å². The number of hydrogen-bond acceptors (Lipinski definition) is 6. The summed E-state index contributed by atoms with van der Waals surface area (Å²) in [6, 6.07) is 13.5. The van der Waals surface area contributed by atoms with Crippen LogP contribution in [0.3, 0.4) is 0 Å². The van der Waals surface area contributed by atoms with Crippen molar-refractivity contribution in [3.05, 3.63) is 57.9 Å². The summed E-state index contributed by atoms with van der Waals surface area (Å²) < 4.78 is 11.6. The summed E-state index contributed by atoms with van der Waals surface area (Å²) >= 11 is 4.97. The van der Waals surface area contributed by atoms with E-state index in [1.54, 1.807) is 20.4 Å². The van der Waals surface area contributed by atoms with Crippen molar-refractivity contribution >= 4 is 38.6 Å². The predicted molar refractivity (Wildman–Crippen MR) is 106 cm³/mol. The number of hydrogen-bond donors (Lipinski definition) is 1. The second kappa shape index (κ2) is 8.13. The first-order chi connectivity index (χ1) is 12.2. The normalized spacial score (nSPS) is 10.8. The maximum Gasteiger partial charge on any atom is 0.203 e. The van der Waals surface area contributed by atoms with E-state index in [-0.39, 0.29) is 0 Å². The highest BCUT2D eigenvalue weighted by Crippen LogP contribution is 2.34. The number of hydrazone groups is 1. The highest BCUT2D eigenvalue weighted by Gasteiger charge is 2.11. The summed E-state index contributed by atoms with van der Waals surface area (Å²) in [5, 5.41) is 6.91. The zero-order valence-electron chi connectivity index (χ0n) is 13.7. The molecule has 1 heterocycles. The maximum absolute atomic E-state index is 5.43. The number of benzene rings is 2. The Hall–Kier alpha value is -2.38. The van der Waals surface area contributed by atoms with Crippen LogP contribution in [0, 0.1) is 0 Å². The Morgan fingerprint density at radius 2 is 2.00 bits per heavy atom. The van der Waals surface area contributed by atoms with Crippen molar-refractivity contribution in [2.75, 3.05) is 19.6 Å². The summed E-state index contributed by atoms with van der Waals surface area (Å²) in [5.74, 6) is 1.46. The fraction of sp³-hybridized carbons (Fsp3) is 0.111. The van der Waals surface area contributed by atoms with Crippen LogP contribution in [0.5, 0.6) is 11.5 Å². The van der Waals surface area contributed by atoms with Crippen molar-refractivity contribution in [2.45, 2.75) is 0 Å². The third kappa shape index (κ3) is 4.18. The molecule has 3 rings (SSSR count). The SMILES string of the molecule is COc1ccc(-c2csc(N/N=C\c3ccccc3Br)n2)c(OC)c1. The molecule has 0 bridgehead atoms. The second-order valence-corrected chi connectivity index (χ2v) is 6.71. The van der Waals surface area contributed by atoms with E-state index in [1.807, 2.05) is 47.8 Å². The number of aromatic nitrogens is 1. The average molecular weight is 418 g/mol. The highest BCUT2D eigenvalue weighted by molar-refractivity contribution is 9.10. The topological polar surface area (TPSA) is 55.7 Å². The minimum atomic E-state index is 0.705. The van der Waals surface area contributed by atoms with E-state index in [4.69, 9.17) is 9.47 Å². The highest BCUT2D eigenvalue weighted by atomic mass is 79.9. The van der Waals surface area contributed by atoms with Gasteiger partial charge in [-0.15, -0.1) is 11.3 Å². The van der Waals surface area contributed by atoms with Crippen LogP contribution in [-0.4, -0.2) is 25.4 Å². The largest absolute Gasteiger partial charge is 0.497 e. The maximum atomic E-state index is 5.43. The molecule has 0 amide bonds. The van der Waals surface area contributed by atoms with E-state index < -0.39 is 0 Å². The van der Waals surface area contributed by atoms with Gasteiger partial charge in [0, 0.05) is 27.0 Å². The zero-order chi connectivity index (χ0) is 17.6. The molecule has 0 spiro atoms. The Morgan fingerprint density at radius 1 is 1.16 bits per heavy atom. The minimum absolute atomic E-state index is 0.705. The second-order valence-electron chi connectivity index (χ2n) is 5.00. The first kappa shape index (κ1) is 17.4. The van der Waals surface area contributed by atoms with Gasteiger partial charge in [0.05, 0.1) is 26.1 Å². The van der Waals surface area contributed by atoms with Gasteiger partial charge in [0.25, 0.3) is 0 Å². The molecule has 25 heavy (non-hydrogen) atoms. The predicted octanol–water partition coefficient (Wildman–Crippen LogP) is 5.04. The zero-order valence-corrected chi connectivity index (χ0v) is 16.1. The molecule has 0 saturated heterocycles. The molecule has 1 N–H and O–H groups in total. The van der Waals surface area contributed by atoms with Crippen molar-refractivity contribution in [2.24, 2.45) is 5.10 Å². The van der Waals surface area contributed by atoms with Crippen molar-refractivity contribution < 1.29 is 9.47 Å². The van der Waals surface area contributed by atoms with Gasteiger partial charge < -0.3 is 9.47 Å². The molecule has 0 radical (unpaired) electrons. The summed E-state index contributed by atoms with van der Waals surface area (Å²) in [5.41, 5.74) is 5.68. The molecule has 0 aliphatic rings. The van der Waals surface area contributed by atoms with Crippen molar-refractivity contribution in [3.8, 4) is 22.8 Å². The number of methoxy groups -OCH3 is 2. The molecule has 0 aliphatic heterocycles. The molecule has 0 fully saturated rings. The third-order valence-electron chi connectivity index (χ3n) is 3.46. The van der Waals surface area contributed by atoms with Crippen LogP contribution in [0.2, 0.25) is 0 Å². The Balaban J connectivity index is 1.76. The van der Waals surface area contributed by atoms with E-state index in [9.17, 15) is 0 Å². The van der Waals surface area contributed by atoms with Crippen LogP contribution < -0.4 is 14.9 Å². The summed E-state index contributed by atoms with van der Waals surface area (Å²) in [6.45, 7) is 0. The molecule has 7 heteroatoms. The van der Waals surface area contributed by atoms with Gasteiger partial charge in [-0.2, -0.15) is 5.10 Å². The number of nitrogens with one attached hydrogen (secondary N) is 1. The Bertz CT molecular complexity index is 896. The van der Waals surface area contributed by atoms with Gasteiger partial charge in [-0.25, -0.2) is 4.98 Å². The molecule has 0 atom stereocenters. The standard InChI is InChI=1S/C18H16BrN3O2S/c1-23-13-7-8-14(17(9-13)24-2)16-11-25-18(21-16)22-20-10-12-5-3-4-6-15(12)19/h3-11H,1-2H3,(H,21,22)/b20-10-. The number of anilines is 1. The molecular formula is C18H16BrN3O2S. The van der Waals surface area contributed by atoms with Gasteiger partial charge in [-0.3, -0.25) is 5.43 Å². The Morgan fingerprint density at radius 3 is 2.76 bits per heavy atom. The van der Waals surface area contributed by atoms with Crippen LogP contribution in [-0.2, 0) is 0 Å². The van der Waals surface area contributed by atoms with Gasteiger partial charge in [-0.05, 0) is 18.2 Å². The number of nitrogens with zero attached hydrogens (tertiary/aromatic N) is 2. The van der Waals surface area contributed by atoms with Gasteiger partial charge in [0.2, 0.25) is 5.13 Å². The van der Waals surface area contributed by atoms with E-state index >= 15 is 0 Å². The smallest absolute Gasteiger partial charge is 0.203 e. The van der Waals surface area contributed by atoms with Gasteiger partial charge in [0.1, 0.15) is 11.5 Å². The molecule has 0 unspecified atom stereocenters. The number of ether oxygens (including phenoxy) is 2. The molecule has 0 saturated carbocycles. The van der Waals surface area contributed by atoms with Crippen LogP contribution in [0.15, 0.2) is 57.4 Å². The summed E-state index contributed by atoms with van der Waals surface area (Å²) in [6.07, 6.45) is 1.75. The molecule has 5 nitrogen and oxygen atoms in total. The quantitative estimate of drug-likeness (QED) is 0.450. The lowest BCUT2D eigenvalue weighted by molar-refractivity contribution is 0.395. The van der Waals surface area contributed by atoms with Gasteiger partial charge in [0.15, 0.2) is 0 Å². The van der Waals surface area contributed by atoms with Gasteiger partial charge >= 0.3 is 0 Å². The molecular weight excluding hydrogens is 402 g/mol. The third-order valence-corrected chi connectivity index (χ3v) is 4.93. The molecule has 128 valence electrons. The van der Waals surface area contributed by atoms with E-state index in [1.165, 1.54) is 11.3 Å². The lowest BCUT2D eigenvalue weighted by Crippen LogP contribution is -1.92. The number of thiazole rings is 1. The van der Waals surface area contributed by atoms with Crippen LogP contribution >= 0.6 is 27.3 Å². The van der Waals surface area contributed by atoms with E-state index in [0.717, 1.165) is 27.0 Å². The Kier molecular flexibility index (Phi) is 5.67. The fourth-order valence-corrected chi connectivity index (χ4v) is 3.24. The van der Waals surface area contributed by atoms with Gasteiger partial charge in [-0.1, -0.05) is 34.1 Å². The minimum Gasteiger partial charge on any atom is -0.497 e. The fourth-order valence-electron chi connectivity index (χ4n) is 2.20. The monoisotopic (exact) mass is 417 g/mol. The lowest BCUT2D eigenvalue weighted by Gasteiger charge is -2.08. The Labute approximate surface area is 158 Å². The number of halogens is 1. The lowest BCUT2D eigenvalue weighted by atomic mass is 10.1. The average Bonchev–Trinajstić information content (AvgIpc) is 3.11. The van der Waals surface area contributed by atoms with Crippen molar-refractivity contribution in [3.63, 3.8) is 0 Å². The first-order valence-electron chi connectivity index (χ1n) is 7.43. The van der Waals surface area contributed by atoms with Crippen LogP contribution in [0.1, 0.15) is 5.56 Å². The van der Waals surface area contributed by atoms with Crippen molar-refractivity contribution in [1.82, 2.24) is 4.98 Å².